The molecule has 0 aromatic carbocycles. The Morgan fingerprint density at radius 3 is 2.65 bits per heavy atom. The van der Waals surface area contributed by atoms with Crippen molar-refractivity contribution >= 4 is 0 Å². The van der Waals surface area contributed by atoms with Crippen molar-refractivity contribution in [1.29, 1.82) is 0 Å². The Morgan fingerprint density at radius 1 is 1.20 bits per heavy atom. The number of hydrogen-bond acceptors (Lipinski definition) is 3. The van der Waals surface area contributed by atoms with E-state index in [1.165, 1.54) is 58.3 Å². The lowest BCUT2D eigenvalue weighted by Gasteiger charge is -2.38. The first-order chi connectivity index (χ1) is 9.60. The van der Waals surface area contributed by atoms with Gasteiger partial charge in [-0.2, -0.15) is 0 Å². The maximum atomic E-state index is 3.81. The predicted octanol–water partition coefficient (Wildman–Crippen LogP) is 2.43. The molecule has 2 rings (SSSR count). The van der Waals surface area contributed by atoms with Gasteiger partial charge in [0, 0.05) is 25.2 Å². The van der Waals surface area contributed by atoms with E-state index in [9.17, 15) is 0 Å². The van der Waals surface area contributed by atoms with E-state index in [0.717, 1.165) is 23.9 Å². The lowest BCUT2D eigenvalue weighted by Crippen LogP contribution is -2.46. The van der Waals surface area contributed by atoms with E-state index in [1.807, 2.05) is 0 Å². The van der Waals surface area contributed by atoms with Gasteiger partial charge >= 0.3 is 0 Å². The largest absolute Gasteiger partial charge is 0.314 e. The van der Waals surface area contributed by atoms with Gasteiger partial charge < -0.3 is 15.1 Å². The van der Waals surface area contributed by atoms with Crippen LogP contribution in [0.4, 0.5) is 0 Å². The van der Waals surface area contributed by atoms with Crippen molar-refractivity contribution in [3.63, 3.8) is 0 Å². The molecule has 1 saturated heterocycles. The number of hydrogen-bond donors (Lipinski definition) is 1. The molecule has 1 aliphatic carbocycles. The molecule has 0 bridgehead atoms. The number of likely N-dealkylation sites (N-methyl/N-ethyl adjacent to an activating group) is 1. The normalized spacial score (nSPS) is 35.9. The maximum Gasteiger partial charge on any atom is 0.0229 e. The van der Waals surface area contributed by atoms with E-state index in [-0.39, 0.29) is 0 Å². The third kappa shape index (κ3) is 4.44. The van der Waals surface area contributed by atoms with Crippen molar-refractivity contribution in [3.05, 3.63) is 0 Å². The summed E-state index contributed by atoms with van der Waals surface area (Å²) in [7, 11) is 4.45. The fourth-order valence-electron chi connectivity index (χ4n) is 4.03. The molecule has 1 aliphatic heterocycles. The van der Waals surface area contributed by atoms with Crippen LogP contribution < -0.4 is 5.32 Å². The van der Waals surface area contributed by atoms with Crippen LogP contribution in [0.5, 0.6) is 0 Å². The summed E-state index contributed by atoms with van der Waals surface area (Å²) in [5, 5.41) is 3.81. The Balaban J connectivity index is 1.84. The SMILES string of the molecule is CCCNC1CCC(C)CC1CN1CCC(N(C)C)C1. The second-order valence-corrected chi connectivity index (χ2v) is 7.40. The summed E-state index contributed by atoms with van der Waals surface area (Å²) in [5.41, 5.74) is 0. The lowest BCUT2D eigenvalue weighted by molar-refractivity contribution is 0.154. The zero-order chi connectivity index (χ0) is 14.5. The molecule has 2 aliphatic rings. The summed E-state index contributed by atoms with van der Waals surface area (Å²) in [5.74, 6) is 1.79. The van der Waals surface area contributed by atoms with Crippen molar-refractivity contribution in [2.45, 2.75) is 58.0 Å². The number of nitrogens with zero attached hydrogens (tertiary/aromatic N) is 2. The van der Waals surface area contributed by atoms with Gasteiger partial charge in [-0.25, -0.2) is 0 Å². The third-order valence-corrected chi connectivity index (χ3v) is 5.37. The minimum atomic E-state index is 0.768. The molecule has 20 heavy (non-hydrogen) atoms. The minimum absolute atomic E-state index is 0.768. The Bertz CT molecular complexity index is 277. The van der Waals surface area contributed by atoms with Crippen molar-refractivity contribution in [3.8, 4) is 0 Å². The first kappa shape index (κ1) is 16.3. The topological polar surface area (TPSA) is 18.5 Å². The zero-order valence-corrected chi connectivity index (χ0v) is 14.1. The van der Waals surface area contributed by atoms with Crippen molar-refractivity contribution < 1.29 is 0 Å². The summed E-state index contributed by atoms with van der Waals surface area (Å²) in [6, 6.07) is 1.54. The van der Waals surface area contributed by atoms with Crippen LogP contribution >= 0.6 is 0 Å². The second kappa shape index (κ2) is 7.77. The zero-order valence-electron chi connectivity index (χ0n) is 14.1. The molecule has 1 saturated carbocycles. The van der Waals surface area contributed by atoms with Gasteiger partial charge in [0.15, 0.2) is 0 Å². The van der Waals surface area contributed by atoms with E-state index in [2.05, 4.69) is 43.1 Å². The first-order valence-corrected chi connectivity index (χ1v) is 8.72. The van der Waals surface area contributed by atoms with Crippen LogP contribution in [0.3, 0.4) is 0 Å². The predicted molar refractivity (Wildman–Crippen MR) is 87.1 cm³/mol. The highest BCUT2D eigenvalue weighted by molar-refractivity contribution is 4.88. The molecule has 1 heterocycles. The van der Waals surface area contributed by atoms with Gasteiger partial charge in [0.2, 0.25) is 0 Å². The van der Waals surface area contributed by atoms with E-state index < -0.39 is 0 Å². The molecular weight excluding hydrogens is 246 g/mol. The minimum Gasteiger partial charge on any atom is -0.314 e. The van der Waals surface area contributed by atoms with E-state index in [1.54, 1.807) is 0 Å². The van der Waals surface area contributed by atoms with Crippen LogP contribution in [0.1, 0.15) is 46.0 Å². The highest BCUT2D eigenvalue weighted by atomic mass is 15.2. The molecule has 0 aromatic heterocycles. The Labute approximate surface area is 126 Å². The molecule has 2 fully saturated rings. The maximum absolute atomic E-state index is 3.81. The molecule has 1 N–H and O–H groups in total. The van der Waals surface area contributed by atoms with Crippen molar-refractivity contribution in [1.82, 2.24) is 15.1 Å². The van der Waals surface area contributed by atoms with E-state index in [4.69, 9.17) is 0 Å². The van der Waals surface area contributed by atoms with Crippen LogP contribution in [-0.4, -0.2) is 62.2 Å². The molecule has 0 aromatic rings. The van der Waals surface area contributed by atoms with Crippen LogP contribution in [-0.2, 0) is 0 Å². The highest BCUT2D eigenvalue weighted by Crippen LogP contribution is 2.30. The molecular formula is C17H35N3. The van der Waals surface area contributed by atoms with Gasteiger partial charge in [-0.1, -0.05) is 13.8 Å². The van der Waals surface area contributed by atoms with Crippen molar-refractivity contribution in [2.75, 3.05) is 40.3 Å². The summed E-state index contributed by atoms with van der Waals surface area (Å²) >= 11 is 0. The molecule has 4 atom stereocenters. The molecule has 4 unspecified atom stereocenters. The molecule has 0 spiro atoms. The Kier molecular flexibility index (Phi) is 6.31. The average molecular weight is 281 g/mol. The monoisotopic (exact) mass is 281 g/mol. The summed E-state index contributed by atoms with van der Waals surface area (Å²) in [6.07, 6.45) is 6.83. The quantitative estimate of drug-likeness (QED) is 0.807. The van der Waals surface area contributed by atoms with E-state index >= 15 is 0 Å². The Hall–Kier alpha value is -0.120. The fourth-order valence-corrected chi connectivity index (χ4v) is 4.03. The smallest absolute Gasteiger partial charge is 0.0229 e. The van der Waals surface area contributed by atoms with Gasteiger partial charge in [-0.05, 0) is 71.1 Å². The molecule has 0 amide bonds. The highest BCUT2D eigenvalue weighted by Gasteiger charge is 2.32. The van der Waals surface area contributed by atoms with Gasteiger partial charge in [-0.15, -0.1) is 0 Å². The third-order valence-electron chi connectivity index (χ3n) is 5.37. The molecule has 118 valence electrons. The second-order valence-electron chi connectivity index (χ2n) is 7.40. The first-order valence-electron chi connectivity index (χ1n) is 8.72. The van der Waals surface area contributed by atoms with E-state index in [0.29, 0.717) is 0 Å². The van der Waals surface area contributed by atoms with Gasteiger partial charge in [-0.3, -0.25) is 0 Å². The van der Waals surface area contributed by atoms with Gasteiger partial charge in [0.25, 0.3) is 0 Å². The number of nitrogens with one attached hydrogen (secondary N) is 1. The average Bonchev–Trinajstić information content (AvgIpc) is 2.87. The van der Waals surface area contributed by atoms with Crippen LogP contribution in [0.2, 0.25) is 0 Å². The molecule has 3 nitrogen and oxygen atoms in total. The molecule has 3 heteroatoms. The number of rotatable bonds is 6. The molecule has 0 radical (unpaired) electrons. The fraction of sp³-hybridized carbons (Fsp3) is 1.00. The lowest BCUT2D eigenvalue weighted by atomic mass is 9.78. The van der Waals surface area contributed by atoms with Crippen molar-refractivity contribution in [2.24, 2.45) is 11.8 Å². The van der Waals surface area contributed by atoms with Gasteiger partial charge in [0.1, 0.15) is 0 Å². The van der Waals surface area contributed by atoms with Crippen LogP contribution in [0, 0.1) is 11.8 Å². The van der Waals surface area contributed by atoms with Gasteiger partial charge in [0.05, 0.1) is 0 Å². The van der Waals surface area contributed by atoms with Crippen LogP contribution in [0.15, 0.2) is 0 Å². The number of likely N-dealkylation sites (tertiary alicyclic amines) is 1. The summed E-state index contributed by atoms with van der Waals surface area (Å²) in [4.78, 5) is 5.12. The standard InChI is InChI=1S/C17H35N3/c1-5-9-18-17-7-6-14(2)11-15(17)12-20-10-8-16(13-20)19(3)4/h14-18H,5-13H2,1-4H3. The Morgan fingerprint density at radius 2 is 2.00 bits per heavy atom. The summed E-state index contributed by atoms with van der Waals surface area (Å²) < 4.78 is 0. The van der Waals surface area contributed by atoms with Crippen LogP contribution in [0.25, 0.3) is 0 Å². The summed E-state index contributed by atoms with van der Waals surface area (Å²) in [6.45, 7) is 9.80.